The van der Waals surface area contributed by atoms with Gasteiger partial charge in [0.25, 0.3) is 0 Å². The topological polar surface area (TPSA) is 27.6 Å². The highest BCUT2D eigenvalue weighted by molar-refractivity contribution is 5.33. The van der Waals surface area contributed by atoms with Crippen LogP contribution in [0.5, 0.6) is 0 Å². The van der Waals surface area contributed by atoms with Gasteiger partial charge >= 0.3 is 0 Å². The van der Waals surface area contributed by atoms with Gasteiger partial charge in [0.2, 0.25) is 0 Å². The molecule has 0 aromatic heterocycles. The van der Waals surface area contributed by atoms with Crippen LogP contribution in [0, 0.1) is 0 Å². The number of hydrogen-bond acceptors (Lipinski definition) is 0. The lowest BCUT2D eigenvalue weighted by molar-refractivity contribution is -0.420. The molecule has 84 valence electrons. The minimum absolute atomic E-state index is 0. The van der Waals surface area contributed by atoms with E-state index in [1.807, 2.05) is 0 Å². The summed E-state index contributed by atoms with van der Waals surface area (Å²) in [7, 11) is 0. The van der Waals surface area contributed by atoms with Crippen LogP contribution in [-0.4, -0.2) is 0 Å². The zero-order valence-corrected chi connectivity index (χ0v) is 10.2. The van der Waals surface area contributed by atoms with Crippen molar-refractivity contribution in [2.45, 2.75) is 45.1 Å². The number of benzene rings is 1. The monoisotopic (exact) mass is 225 g/mol. The van der Waals surface area contributed by atoms with Crippen molar-refractivity contribution in [1.29, 1.82) is 0 Å². The third-order valence-corrected chi connectivity index (χ3v) is 3.19. The summed E-state index contributed by atoms with van der Waals surface area (Å²) in [5.41, 5.74) is 8.63. The molecule has 1 aliphatic rings. The maximum Gasteiger partial charge on any atom is 0.107 e. The summed E-state index contributed by atoms with van der Waals surface area (Å²) in [5.74, 6) is 0. The van der Waals surface area contributed by atoms with E-state index in [0.29, 0.717) is 6.04 Å². The zero-order valence-electron chi connectivity index (χ0n) is 9.43. The Hall–Kier alpha value is -0.530. The quantitative estimate of drug-likeness (QED) is 0.611. The van der Waals surface area contributed by atoms with E-state index in [2.05, 4.69) is 30.9 Å². The van der Waals surface area contributed by atoms with E-state index in [1.54, 1.807) is 11.1 Å². The molecule has 1 unspecified atom stereocenters. The largest absolute Gasteiger partial charge is 1.00 e. The Morgan fingerprint density at radius 1 is 1.07 bits per heavy atom. The first-order chi connectivity index (χ1) is 6.77. The molecular formula is C13H20ClN. The maximum absolute atomic E-state index is 4.08. The third kappa shape index (κ3) is 2.96. The second-order valence-electron chi connectivity index (χ2n) is 4.49. The molecule has 0 fully saturated rings. The summed E-state index contributed by atoms with van der Waals surface area (Å²) in [5, 5.41) is 0. The van der Waals surface area contributed by atoms with Crippen molar-refractivity contribution in [2.24, 2.45) is 0 Å². The number of halogens is 1. The average molecular weight is 226 g/mol. The van der Waals surface area contributed by atoms with Gasteiger partial charge in [-0.05, 0) is 49.8 Å². The number of fused-ring (bicyclic) bond motifs is 1. The standard InChI is InChI=1S/C13H19N.ClH/c1-10(14)12-8-7-11-5-3-2-4-6-13(11)9-12;/h7-10H,2-6,14H2,1H3;1H. The fraction of sp³-hybridized carbons (Fsp3) is 0.538. The lowest BCUT2D eigenvalue weighted by Gasteiger charge is -2.09. The molecule has 0 spiro atoms. The molecule has 1 nitrogen and oxygen atoms in total. The minimum Gasteiger partial charge on any atom is -1.00 e. The lowest BCUT2D eigenvalue weighted by Crippen LogP contribution is -3.00. The van der Waals surface area contributed by atoms with Gasteiger partial charge in [0.15, 0.2) is 0 Å². The fourth-order valence-electron chi connectivity index (χ4n) is 2.24. The molecule has 0 radical (unpaired) electrons. The Balaban J connectivity index is 0.00000112. The Labute approximate surface area is 98.5 Å². The van der Waals surface area contributed by atoms with Crippen molar-refractivity contribution in [3.8, 4) is 0 Å². The number of hydrogen-bond donors (Lipinski definition) is 1. The first kappa shape index (κ1) is 12.5. The SMILES string of the molecule is CC([NH3+])c1ccc2c(c1)CCCCC2.[Cl-]. The molecule has 15 heavy (non-hydrogen) atoms. The molecule has 0 bridgehead atoms. The van der Waals surface area contributed by atoms with Gasteiger partial charge < -0.3 is 18.1 Å². The van der Waals surface area contributed by atoms with E-state index >= 15 is 0 Å². The van der Waals surface area contributed by atoms with E-state index < -0.39 is 0 Å². The predicted octanol–water partition coefficient (Wildman–Crippen LogP) is -0.738. The predicted molar refractivity (Wildman–Crippen MR) is 59.0 cm³/mol. The van der Waals surface area contributed by atoms with Gasteiger partial charge in [-0.25, -0.2) is 0 Å². The molecule has 0 aliphatic heterocycles. The van der Waals surface area contributed by atoms with Crippen molar-refractivity contribution >= 4 is 0 Å². The first-order valence-corrected chi connectivity index (χ1v) is 5.72. The van der Waals surface area contributed by atoms with Crippen molar-refractivity contribution in [3.05, 3.63) is 34.9 Å². The summed E-state index contributed by atoms with van der Waals surface area (Å²) in [6.07, 6.45) is 6.68. The minimum atomic E-state index is 0. The smallest absolute Gasteiger partial charge is 0.107 e. The van der Waals surface area contributed by atoms with Crippen LogP contribution in [0.4, 0.5) is 0 Å². The second-order valence-corrected chi connectivity index (χ2v) is 4.49. The molecule has 1 atom stereocenters. The van der Waals surface area contributed by atoms with Crippen LogP contribution >= 0.6 is 0 Å². The molecule has 0 heterocycles. The summed E-state index contributed by atoms with van der Waals surface area (Å²) in [4.78, 5) is 0. The van der Waals surface area contributed by atoms with Crippen LogP contribution in [0.25, 0.3) is 0 Å². The van der Waals surface area contributed by atoms with Gasteiger partial charge in [-0.1, -0.05) is 18.6 Å². The molecule has 2 rings (SSSR count). The van der Waals surface area contributed by atoms with Crippen molar-refractivity contribution in [1.82, 2.24) is 0 Å². The Morgan fingerprint density at radius 3 is 2.40 bits per heavy atom. The molecule has 2 heteroatoms. The Kier molecular flexibility index (Phi) is 4.62. The van der Waals surface area contributed by atoms with Crippen molar-refractivity contribution in [2.75, 3.05) is 0 Å². The van der Waals surface area contributed by atoms with Crippen LogP contribution in [0.15, 0.2) is 18.2 Å². The highest BCUT2D eigenvalue weighted by atomic mass is 35.5. The molecule has 1 aromatic carbocycles. The van der Waals surface area contributed by atoms with Gasteiger partial charge in [-0.2, -0.15) is 0 Å². The third-order valence-electron chi connectivity index (χ3n) is 3.19. The van der Waals surface area contributed by atoms with E-state index in [0.717, 1.165) is 0 Å². The summed E-state index contributed by atoms with van der Waals surface area (Å²) < 4.78 is 0. The van der Waals surface area contributed by atoms with Crippen LogP contribution < -0.4 is 18.1 Å². The Morgan fingerprint density at radius 2 is 1.73 bits per heavy atom. The van der Waals surface area contributed by atoms with Gasteiger partial charge in [-0.3, -0.25) is 0 Å². The molecular weight excluding hydrogens is 206 g/mol. The number of rotatable bonds is 1. The maximum atomic E-state index is 4.08. The number of quaternary nitrogens is 1. The van der Waals surface area contributed by atoms with Gasteiger partial charge in [0.05, 0.1) is 0 Å². The van der Waals surface area contributed by atoms with Crippen molar-refractivity contribution < 1.29 is 18.1 Å². The highest BCUT2D eigenvalue weighted by Gasteiger charge is 2.10. The van der Waals surface area contributed by atoms with E-state index in [4.69, 9.17) is 0 Å². The highest BCUT2D eigenvalue weighted by Crippen LogP contribution is 2.23. The van der Waals surface area contributed by atoms with E-state index in [9.17, 15) is 0 Å². The van der Waals surface area contributed by atoms with Crippen LogP contribution in [-0.2, 0) is 12.8 Å². The van der Waals surface area contributed by atoms with Crippen molar-refractivity contribution in [3.63, 3.8) is 0 Å². The molecule has 0 saturated carbocycles. The zero-order chi connectivity index (χ0) is 9.97. The molecule has 0 amide bonds. The summed E-state index contributed by atoms with van der Waals surface area (Å²) in [6, 6.07) is 7.36. The average Bonchev–Trinajstić information content (AvgIpc) is 2.41. The van der Waals surface area contributed by atoms with Gasteiger partial charge in [0, 0.05) is 5.56 Å². The van der Waals surface area contributed by atoms with E-state index in [1.165, 1.54) is 37.7 Å². The van der Waals surface area contributed by atoms with Crippen LogP contribution in [0.3, 0.4) is 0 Å². The molecule has 1 aliphatic carbocycles. The van der Waals surface area contributed by atoms with E-state index in [-0.39, 0.29) is 12.4 Å². The Bertz CT molecular complexity index is 320. The second kappa shape index (κ2) is 5.53. The molecule has 0 saturated heterocycles. The fourth-order valence-corrected chi connectivity index (χ4v) is 2.24. The lowest BCUT2D eigenvalue weighted by atomic mass is 9.98. The van der Waals surface area contributed by atoms with Crippen LogP contribution in [0.1, 0.15) is 48.9 Å². The summed E-state index contributed by atoms with van der Waals surface area (Å²) >= 11 is 0. The summed E-state index contributed by atoms with van der Waals surface area (Å²) in [6.45, 7) is 2.17. The molecule has 1 aromatic rings. The molecule has 3 N–H and O–H groups in total. The normalized spacial score (nSPS) is 17.2. The van der Waals surface area contributed by atoms with Crippen LogP contribution in [0.2, 0.25) is 0 Å². The number of aryl methyl sites for hydroxylation is 2. The van der Waals surface area contributed by atoms with Gasteiger partial charge in [-0.15, -0.1) is 0 Å². The first-order valence-electron chi connectivity index (χ1n) is 5.72. The van der Waals surface area contributed by atoms with Gasteiger partial charge in [0.1, 0.15) is 6.04 Å².